The van der Waals surface area contributed by atoms with Crippen LogP contribution >= 0.6 is 0 Å². The Morgan fingerprint density at radius 2 is 1.92 bits per heavy atom. The van der Waals surface area contributed by atoms with Crippen molar-refractivity contribution >= 4 is 17.3 Å². The highest BCUT2D eigenvalue weighted by Gasteiger charge is 2.13. The lowest BCUT2D eigenvalue weighted by molar-refractivity contribution is -0.115. The molecule has 0 spiro atoms. The molecule has 2 aromatic carbocycles. The van der Waals surface area contributed by atoms with E-state index < -0.39 is 0 Å². The summed E-state index contributed by atoms with van der Waals surface area (Å²) in [4.78, 5) is 12.2. The first-order chi connectivity index (χ1) is 11.6. The van der Waals surface area contributed by atoms with Gasteiger partial charge in [-0.2, -0.15) is 0 Å². The molecule has 0 unspecified atom stereocenters. The Morgan fingerprint density at radius 3 is 2.75 bits per heavy atom. The summed E-state index contributed by atoms with van der Waals surface area (Å²) >= 11 is 0. The van der Waals surface area contributed by atoms with Crippen LogP contribution in [0.3, 0.4) is 0 Å². The molecule has 24 heavy (non-hydrogen) atoms. The van der Waals surface area contributed by atoms with Gasteiger partial charge in [-0.1, -0.05) is 32.0 Å². The number of anilines is 2. The van der Waals surface area contributed by atoms with E-state index in [1.165, 1.54) is 0 Å². The van der Waals surface area contributed by atoms with Crippen LogP contribution in [0.25, 0.3) is 0 Å². The van der Waals surface area contributed by atoms with Gasteiger partial charge in [0.05, 0.1) is 0 Å². The van der Waals surface area contributed by atoms with Gasteiger partial charge in [0.15, 0.2) is 11.5 Å². The molecule has 1 aliphatic rings. The second-order valence-corrected chi connectivity index (χ2v) is 6.03. The molecule has 5 heteroatoms. The zero-order chi connectivity index (χ0) is 16.9. The molecule has 2 aromatic rings. The predicted molar refractivity (Wildman–Crippen MR) is 94.8 cm³/mol. The Morgan fingerprint density at radius 1 is 1.12 bits per heavy atom. The van der Waals surface area contributed by atoms with E-state index in [-0.39, 0.29) is 12.7 Å². The van der Waals surface area contributed by atoms with Gasteiger partial charge in [0.25, 0.3) is 0 Å². The van der Waals surface area contributed by atoms with Gasteiger partial charge >= 0.3 is 0 Å². The summed E-state index contributed by atoms with van der Waals surface area (Å²) < 4.78 is 10.6. The summed E-state index contributed by atoms with van der Waals surface area (Å²) in [5, 5.41) is 6.23. The summed E-state index contributed by atoms with van der Waals surface area (Å²) in [5.74, 6) is 1.85. The molecule has 0 radical (unpaired) electrons. The van der Waals surface area contributed by atoms with Crippen LogP contribution in [-0.2, 0) is 4.79 Å². The Hall–Kier alpha value is -2.69. The van der Waals surface area contributed by atoms with E-state index in [4.69, 9.17) is 9.47 Å². The van der Waals surface area contributed by atoms with Crippen LogP contribution < -0.4 is 20.1 Å². The molecular weight excluding hydrogens is 304 g/mol. The van der Waals surface area contributed by atoms with Crippen molar-refractivity contribution in [2.45, 2.75) is 26.2 Å². The number of ether oxygens (including phenoxy) is 2. The monoisotopic (exact) mass is 326 g/mol. The largest absolute Gasteiger partial charge is 0.454 e. The summed E-state index contributed by atoms with van der Waals surface area (Å²) in [6.45, 7) is 5.05. The molecule has 0 saturated carbocycles. The molecule has 126 valence electrons. The number of carbonyl (C=O) groups excluding carboxylic acids is 1. The van der Waals surface area contributed by atoms with Crippen LogP contribution in [0.1, 0.15) is 31.7 Å². The smallest absolute Gasteiger partial charge is 0.231 e. The van der Waals surface area contributed by atoms with Crippen molar-refractivity contribution in [3.63, 3.8) is 0 Å². The van der Waals surface area contributed by atoms with Gasteiger partial charge in [-0.15, -0.1) is 0 Å². The first kappa shape index (κ1) is 16.2. The highest BCUT2D eigenvalue weighted by Crippen LogP contribution is 2.34. The third-order valence-electron chi connectivity index (χ3n) is 3.91. The molecular formula is C19H22N2O3. The van der Waals surface area contributed by atoms with E-state index in [1.807, 2.05) is 42.5 Å². The number of rotatable bonds is 6. The van der Waals surface area contributed by atoms with Crippen molar-refractivity contribution in [3.05, 3.63) is 48.0 Å². The molecule has 0 fully saturated rings. The van der Waals surface area contributed by atoms with Crippen molar-refractivity contribution < 1.29 is 14.3 Å². The summed E-state index contributed by atoms with van der Waals surface area (Å²) in [6, 6.07) is 13.6. The lowest BCUT2D eigenvalue weighted by Gasteiger charge is -2.14. The molecule has 0 atom stereocenters. The third-order valence-corrected chi connectivity index (χ3v) is 3.91. The van der Waals surface area contributed by atoms with Crippen LogP contribution in [0.15, 0.2) is 42.5 Å². The van der Waals surface area contributed by atoms with Gasteiger partial charge < -0.3 is 20.1 Å². The molecule has 0 bridgehead atoms. The van der Waals surface area contributed by atoms with Crippen molar-refractivity contribution in [2.24, 2.45) is 0 Å². The number of carbonyl (C=O) groups is 1. The van der Waals surface area contributed by atoms with Crippen molar-refractivity contribution in [1.29, 1.82) is 0 Å². The van der Waals surface area contributed by atoms with Crippen LogP contribution in [0.4, 0.5) is 11.4 Å². The first-order valence-electron chi connectivity index (χ1n) is 8.16. The van der Waals surface area contributed by atoms with E-state index in [2.05, 4.69) is 24.5 Å². The summed E-state index contributed by atoms with van der Waals surface area (Å²) in [7, 11) is 0. The third kappa shape index (κ3) is 3.79. The molecule has 1 amide bonds. The second kappa shape index (κ2) is 7.25. The first-order valence-corrected chi connectivity index (χ1v) is 8.16. The Balaban J connectivity index is 1.51. The summed E-state index contributed by atoms with van der Waals surface area (Å²) in [6.07, 6.45) is 0.390. The average molecular weight is 326 g/mol. The Kier molecular flexibility index (Phi) is 4.89. The minimum absolute atomic E-state index is 0.00339. The van der Waals surface area contributed by atoms with Crippen molar-refractivity contribution in [3.8, 4) is 11.5 Å². The highest BCUT2D eigenvalue weighted by atomic mass is 16.7. The number of para-hydroxylation sites is 1. The number of hydrogen-bond acceptors (Lipinski definition) is 4. The maximum absolute atomic E-state index is 12.2. The van der Waals surface area contributed by atoms with Crippen LogP contribution in [0.5, 0.6) is 11.5 Å². The van der Waals surface area contributed by atoms with E-state index in [9.17, 15) is 4.79 Å². The molecule has 1 aliphatic heterocycles. The van der Waals surface area contributed by atoms with Crippen LogP contribution in [0.2, 0.25) is 0 Å². The molecule has 1 heterocycles. The highest BCUT2D eigenvalue weighted by molar-refractivity contribution is 5.91. The lowest BCUT2D eigenvalue weighted by Crippen LogP contribution is -2.17. The fraction of sp³-hybridized carbons (Fsp3) is 0.316. The topological polar surface area (TPSA) is 59.6 Å². The molecule has 0 aliphatic carbocycles. The average Bonchev–Trinajstić information content (AvgIpc) is 3.03. The van der Waals surface area contributed by atoms with Gasteiger partial charge in [-0.3, -0.25) is 4.79 Å². The molecule has 0 saturated heterocycles. The minimum Gasteiger partial charge on any atom is -0.454 e. The van der Waals surface area contributed by atoms with Crippen molar-refractivity contribution in [1.82, 2.24) is 0 Å². The van der Waals surface area contributed by atoms with Gasteiger partial charge in [-0.05, 0) is 29.7 Å². The molecule has 5 nitrogen and oxygen atoms in total. The van der Waals surface area contributed by atoms with Crippen molar-refractivity contribution in [2.75, 3.05) is 24.0 Å². The maximum Gasteiger partial charge on any atom is 0.231 e. The summed E-state index contributed by atoms with van der Waals surface area (Å²) in [5.41, 5.74) is 2.95. The Labute approximate surface area is 142 Å². The standard InChI is InChI=1S/C19H22N2O3/c1-13(2)15-5-3-4-6-16(15)21-19(22)9-10-20-14-7-8-17-18(11-14)24-12-23-17/h3-8,11,13,20H,9-10,12H2,1-2H3,(H,21,22). The lowest BCUT2D eigenvalue weighted by atomic mass is 10.0. The normalized spacial score (nSPS) is 12.3. The number of hydrogen-bond donors (Lipinski definition) is 2. The van der Waals surface area contributed by atoms with Gasteiger partial charge in [0.1, 0.15) is 0 Å². The number of fused-ring (bicyclic) bond motifs is 1. The quantitative estimate of drug-likeness (QED) is 0.843. The second-order valence-electron chi connectivity index (χ2n) is 6.03. The van der Waals surface area contributed by atoms with Gasteiger partial charge in [0.2, 0.25) is 12.7 Å². The van der Waals surface area contributed by atoms with E-state index in [1.54, 1.807) is 0 Å². The van der Waals surface area contributed by atoms with E-state index >= 15 is 0 Å². The fourth-order valence-corrected chi connectivity index (χ4v) is 2.65. The fourth-order valence-electron chi connectivity index (χ4n) is 2.65. The van der Waals surface area contributed by atoms with Crippen LogP contribution in [-0.4, -0.2) is 19.2 Å². The van der Waals surface area contributed by atoms with Gasteiger partial charge in [-0.25, -0.2) is 0 Å². The molecule has 2 N–H and O–H groups in total. The minimum atomic E-state index is -0.00339. The number of benzene rings is 2. The zero-order valence-corrected chi connectivity index (χ0v) is 14.0. The molecule has 3 rings (SSSR count). The predicted octanol–water partition coefficient (Wildman–Crippen LogP) is 3.98. The number of amides is 1. The van der Waals surface area contributed by atoms with Crippen LogP contribution in [0, 0.1) is 0 Å². The van der Waals surface area contributed by atoms with Gasteiger partial charge in [0, 0.05) is 30.4 Å². The maximum atomic E-state index is 12.2. The van der Waals surface area contributed by atoms with E-state index in [0.717, 1.165) is 28.4 Å². The SMILES string of the molecule is CC(C)c1ccccc1NC(=O)CCNc1ccc2c(c1)OCO2. The zero-order valence-electron chi connectivity index (χ0n) is 14.0. The van der Waals surface area contributed by atoms with E-state index in [0.29, 0.717) is 18.9 Å². The number of nitrogens with one attached hydrogen (secondary N) is 2. The molecule has 0 aromatic heterocycles. The Bertz CT molecular complexity index is 728.